The Morgan fingerprint density at radius 1 is 1.20 bits per heavy atom. The first-order valence-electron chi connectivity index (χ1n) is 7.14. The van der Waals surface area contributed by atoms with Crippen molar-refractivity contribution in [2.24, 2.45) is 0 Å². The van der Waals surface area contributed by atoms with E-state index in [1.54, 1.807) is 11.8 Å². The van der Waals surface area contributed by atoms with Crippen molar-refractivity contribution in [2.75, 3.05) is 18.2 Å². The van der Waals surface area contributed by atoms with Gasteiger partial charge in [0, 0.05) is 30.6 Å². The normalized spacial score (nSPS) is 22.9. The van der Waals surface area contributed by atoms with E-state index in [0.717, 1.165) is 24.5 Å². The summed E-state index contributed by atoms with van der Waals surface area (Å²) in [4.78, 5) is 23.4. The van der Waals surface area contributed by atoms with Gasteiger partial charge in [-0.2, -0.15) is 0 Å². The van der Waals surface area contributed by atoms with Crippen LogP contribution in [0.25, 0.3) is 0 Å². The minimum absolute atomic E-state index is 0. The van der Waals surface area contributed by atoms with Crippen LogP contribution in [0, 0.1) is 0 Å². The second-order valence-electron chi connectivity index (χ2n) is 5.22. The van der Waals surface area contributed by atoms with E-state index in [0.29, 0.717) is 19.0 Å². The number of rotatable bonds is 5. The topological polar surface area (TPSA) is 70.2 Å². The van der Waals surface area contributed by atoms with Crippen LogP contribution >= 0.6 is 24.2 Å². The van der Waals surface area contributed by atoms with Gasteiger partial charge >= 0.3 is 0 Å². The zero-order chi connectivity index (χ0) is 13.5. The van der Waals surface area contributed by atoms with E-state index in [1.807, 2.05) is 0 Å². The molecule has 0 aromatic carbocycles. The van der Waals surface area contributed by atoms with Crippen molar-refractivity contribution in [3.05, 3.63) is 0 Å². The second-order valence-corrected chi connectivity index (χ2v) is 6.25. The van der Waals surface area contributed by atoms with Crippen molar-refractivity contribution in [1.82, 2.24) is 16.0 Å². The van der Waals surface area contributed by atoms with Gasteiger partial charge in [-0.1, -0.05) is 19.3 Å². The highest BCUT2D eigenvalue weighted by molar-refractivity contribution is 7.99. The van der Waals surface area contributed by atoms with Crippen molar-refractivity contribution in [3.8, 4) is 0 Å². The van der Waals surface area contributed by atoms with E-state index < -0.39 is 0 Å². The number of nitrogens with one attached hydrogen (secondary N) is 3. The van der Waals surface area contributed by atoms with Gasteiger partial charge in [0.25, 0.3) is 0 Å². The van der Waals surface area contributed by atoms with E-state index >= 15 is 0 Å². The first-order chi connectivity index (χ1) is 9.25. The summed E-state index contributed by atoms with van der Waals surface area (Å²) in [6.45, 7) is 0.431. The Morgan fingerprint density at radius 2 is 1.95 bits per heavy atom. The summed E-state index contributed by atoms with van der Waals surface area (Å²) in [5.41, 5.74) is 0. The molecule has 2 rings (SSSR count). The fourth-order valence-corrected chi connectivity index (χ4v) is 3.47. The van der Waals surface area contributed by atoms with Gasteiger partial charge in [0.15, 0.2) is 0 Å². The zero-order valence-electron chi connectivity index (χ0n) is 11.7. The van der Waals surface area contributed by atoms with Crippen molar-refractivity contribution in [3.63, 3.8) is 0 Å². The predicted molar refractivity (Wildman–Crippen MR) is 84.1 cm³/mol. The van der Waals surface area contributed by atoms with Crippen LogP contribution < -0.4 is 16.0 Å². The molecule has 1 atom stereocenters. The lowest BCUT2D eigenvalue weighted by Crippen LogP contribution is -2.43. The van der Waals surface area contributed by atoms with Gasteiger partial charge in [-0.25, -0.2) is 0 Å². The standard InChI is InChI=1S/C13H23N3O2S.ClH/c17-12(16-10-4-2-1-3-5-10)6-7-14-13(18)11-8-19-9-15-11;/h10-11,15H,1-9H2,(H,14,18)(H,16,17);1H. The highest BCUT2D eigenvalue weighted by atomic mass is 35.5. The van der Waals surface area contributed by atoms with Crippen molar-refractivity contribution < 1.29 is 9.59 Å². The highest BCUT2D eigenvalue weighted by Crippen LogP contribution is 2.17. The molecule has 0 aromatic rings. The maximum atomic E-state index is 11.7. The summed E-state index contributed by atoms with van der Waals surface area (Å²) in [7, 11) is 0. The average Bonchev–Trinajstić information content (AvgIpc) is 2.93. The maximum Gasteiger partial charge on any atom is 0.238 e. The summed E-state index contributed by atoms with van der Waals surface area (Å²) in [6, 6.07) is 0.260. The second kappa shape index (κ2) is 9.47. The lowest BCUT2D eigenvalue weighted by molar-refractivity contribution is -0.123. The number of halogens is 1. The molecule has 0 bridgehead atoms. The first-order valence-corrected chi connectivity index (χ1v) is 8.29. The van der Waals surface area contributed by atoms with Crippen LogP contribution in [0.1, 0.15) is 38.5 Å². The number of carbonyl (C=O) groups excluding carboxylic acids is 2. The van der Waals surface area contributed by atoms with Gasteiger partial charge in [0.2, 0.25) is 11.8 Å². The van der Waals surface area contributed by atoms with Crippen molar-refractivity contribution in [2.45, 2.75) is 50.6 Å². The molecule has 116 valence electrons. The third kappa shape index (κ3) is 5.89. The van der Waals surface area contributed by atoms with Crippen LogP contribution in [-0.2, 0) is 9.59 Å². The van der Waals surface area contributed by atoms with E-state index in [2.05, 4.69) is 16.0 Å². The molecular weight excluding hydrogens is 298 g/mol. The third-order valence-corrected chi connectivity index (χ3v) is 4.59. The van der Waals surface area contributed by atoms with Crippen LogP contribution in [0.5, 0.6) is 0 Å². The molecule has 3 N–H and O–H groups in total. The van der Waals surface area contributed by atoms with Crippen molar-refractivity contribution in [1.29, 1.82) is 0 Å². The molecule has 1 saturated carbocycles. The fraction of sp³-hybridized carbons (Fsp3) is 0.846. The molecule has 20 heavy (non-hydrogen) atoms. The molecule has 0 aromatic heterocycles. The molecule has 7 heteroatoms. The zero-order valence-corrected chi connectivity index (χ0v) is 13.3. The van der Waals surface area contributed by atoms with Gasteiger partial charge in [-0.3, -0.25) is 14.9 Å². The minimum Gasteiger partial charge on any atom is -0.354 e. The maximum absolute atomic E-state index is 11.7. The fourth-order valence-electron chi connectivity index (χ4n) is 2.53. The molecule has 1 heterocycles. The van der Waals surface area contributed by atoms with E-state index in [-0.39, 0.29) is 30.3 Å². The van der Waals surface area contributed by atoms with Gasteiger partial charge in [-0.15, -0.1) is 24.2 Å². The molecule has 2 fully saturated rings. The molecule has 2 amide bonds. The average molecular weight is 322 g/mol. The number of thioether (sulfide) groups is 1. The quantitative estimate of drug-likeness (QED) is 0.707. The number of amides is 2. The molecule has 0 radical (unpaired) electrons. The Labute approximate surface area is 130 Å². The lowest BCUT2D eigenvalue weighted by atomic mass is 9.95. The van der Waals surface area contributed by atoms with E-state index in [9.17, 15) is 9.59 Å². The molecule has 1 saturated heterocycles. The highest BCUT2D eigenvalue weighted by Gasteiger charge is 2.22. The molecule has 1 aliphatic carbocycles. The summed E-state index contributed by atoms with van der Waals surface area (Å²) in [5.74, 6) is 1.72. The Kier molecular flexibility index (Phi) is 8.33. The Bertz CT molecular complexity index is 319. The summed E-state index contributed by atoms with van der Waals surface area (Å²) in [5, 5.41) is 8.98. The monoisotopic (exact) mass is 321 g/mol. The van der Waals surface area contributed by atoms with Crippen LogP contribution in [-0.4, -0.2) is 42.1 Å². The van der Waals surface area contributed by atoms with Gasteiger partial charge in [0.05, 0.1) is 6.04 Å². The number of carbonyl (C=O) groups is 2. The molecule has 0 spiro atoms. The number of hydrogen-bond donors (Lipinski definition) is 3. The molecular formula is C13H24ClN3O2S. The largest absolute Gasteiger partial charge is 0.354 e. The van der Waals surface area contributed by atoms with E-state index in [4.69, 9.17) is 0 Å². The van der Waals surface area contributed by atoms with Crippen molar-refractivity contribution >= 4 is 36.0 Å². The summed E-state index contributed by atoms with van der Waals surface area (Å²) >= 11 is 1.72. The smallest absolute Gasteiger partial charge is 0.238 e. The SMILES string of the molecule is Cl.O=C(CCNC(=O)C1CSCN1)NC1CCCCC1. The Hall–Kier alpha value is -0.460. The Balaban J connectivity index is 0.00000200. The van der Waals surface area contributed by atoms with Crippen LogP contribution in [0.15, 0.2) is 0 Å². The minimum atomic E-state index is -0.0913. The summed E-state index contributed by atoms with van der Waals surface area (Å²) in [6.07, 6.45) is 6.29. The van der Waals surface area contributed by atoms with E-state index in [1.165, 1.54) is 19.3 Å². The number of hydrogen-bond acceptors (Lipinski definition) is 4. The van der Waals surface area contributed by atoms with Gasteiger partial charge in [-0.05, 0) is 12.8 Å². The molecule has 5 nitrogen and oxygen atoms in total. The van der Waals surface area contributed by atoms with Crippen LogP contribution in [0.4, 0.5) is 0 Å². The van der Waals surface area contributed by atoms with Gasteiger partial charge < -0.3 is 10.6 Å². The first kappa shape index (κ1) is 17.6. The molecule has 1 unspecified atom stereocenters. The van der Waals surface area contributed by atoms with Crippen LogP contribution in [0.2, 0.25) is 0 Å². The third-order valence-electron chi connectivity index (χ3n) is 3.65. The Morgan fingerprint density at radius 3 is 2.60 bits per heavy atom. The lowest BCUT2D eigenvalue weighted by Gasteiger charge is -2.22. The van der Waals surface area contributed by atoms with Crippen LogP contribution in [0.3, 0.4) is 0 Å². The van der Waals surface area contributed by atoms with Gasteiger partial charge in [0.1, 0.15) is 0 Å². The molecule has 1 aliphatic heterocycles. The predicted octanol–water partition coefficient (Wildman–Crippen LogP) is 1.03. The molecule has 2 aliphatic rings. The summed E-state index contributed by atoms with van der Waals surface area (Å²) < 4.78 is 0.